The number of hydrogen-bond donors (Lipinski definition) is 1. The van der Waals surface area contributed by atoms with E-state index in [2.05, 4.69) is 10.4 Å². The summed E-state index contributed by atoms with van der Waals surface area (Å²) in [5, 5.41) is 12.4. The minimum atomic E-state index is -0.356. The van der Waals surface area contributed by atoms with Crippen molar-refractivity contribution in [2.75, 3.05) is 13.1 Å². The fraction of sp³-hybridized carbons (Fsp3) is 0.333. The number of nitrogens with zero attached hydrogens (tertiary/aromatic N) is 2. The van der Waals surface area contributed by atoms with Gasteiger partial charge in [0.25, 0.3) is 5.91 Å². The number of carbonyl (C=O) groups is 1. The van der Waals surface area contributed by atoms with Gasteiger partial charge >= 0.3 is 0 Å². The summed E-state index contributed by atoms with van der Waals surface area (Å²) in [6, 6.07) is 7.63. The number of aliphatic hydroxyl groups excluding tert-OH is 1. The minimum absolute atomic E-state index is 0.00743. The van der Waals surface area contributed by atoms with E-state index in [-0.39, 0.29) is 12.0 Å². The molecule has 6 heteroatoms. The van der Waals surface area contributed by atoms with Crippen LogP contribution in [-0.2, 0) is 5.75 Å². The highest BCUT2D eigenvalue weighted by atomic mass is 32.2. The van der Waals surface area contributed by atoms with E-state index in [1.807, 2.05) is 31.2 Å². The molecule has 2 aromatic rings. The van der Waals surface area contributed by atoms with Crippen LogP contribution in [0, 0.1) is 6.92 Å². The van der Waals surface area contributed by atoms with Crippen LogP contribution in [0.25, 0.3) is 0 Å². The summed E-state index contributed by atoms with van der Waals surface area (Å²) in [4.78, 5) is 19.3. The smallest absolute Gasteiger partial charge is 0.254 e. The molecular weight excluding hydrogens is 304 g/mol. The van der Waals surface area contributed by atoms with Crippen molar-refractivity contribution in [1.82, 2.24) is 9.88 Å². The number of likely N-dealkylation sites (tertiary alicyclic amines) is 1. The lowest BCUT2D eigenvalue weighted by Gasteiger charge is -2.35. The van der Waals surface area contributed by atoms with E-state index in [9.17, 15) is 9.90 Å². The minimum Gasteiger partial charge on any atom is -0.389 e. The molecule has 0 atom stereocenters. The molecule has 1 amide bonds. The number of hydrogen-bond acceptors (Lipinski definition) is 5. The standard InChI is InChI=1S/C15H16N2O2S2/c1-10-16-12(8-20-10)9-21-14-4-2-11(3-5-14)15(19)17-6-13(18)7-17/h2-5,8,13,18H,6-7,9H2,1H3. The topological polar surface area (TPSA) is 53.4 Å². The van der Waals surface area contributed by atoms with Crippen LogP contribution in [0.2, 0.25) is 0 Å². The zero-order valence-corrected chi connectivity index (χ0v) is 13.3. The van der Waals surface area contributed by atoms with Gasteiger partial charge in [-0.05, 0) is 31.2 Å². The van der Waals surface area contributed by atoms with Gasteiger partial charge in [0.15, 0.2) is 0 Å². The summed E-state index contributed by atoms with van der Waals surface area (Å²) < 4.78 is 0. The van der Waals surface area contributed by atoms with Crippen molar-refractivity contribution in [1.29, 1.82) is 0 Å². The number of aromatic nitrogens is 1. The molecule has 1 aromatic heterocycles. The average Bonchev–Trinajstić information content (AvgIpc) is 2.87. The lowest BCUT2D eigenvalue weighted by atomic mass is 10.1. The molecule has 1 N–H and O–H groups in total. The van der Waals surface area contributed by atoms with Crippen molar-refractivity contribution in [2.45, 2.75) is 23.7 Å². The Morgan fingerprint density at radius 3 is 2.71 bits per heavy atom. The van der Waals surface area contributed by atoms with E-state index < -0.39 is 0 Å². The Kier molecular flexibility index (Phi) is 4.28. The fourth-order valence-corrected chi connectivity index (χ4v) is 3.64. The van der Waals surface area contributed by atoms with Crippen LogP contribution in [0.15, 0.2) is 34.5 Å². The van der Waals surface area contributed by atoms with Gasteiger partial charge in [0.05, 0.1) is 16.8 Å². The second kappa shape index (κ2) is 6.17. The Morgan fingerprint density at radius 2 is 2.14 bits per heavy atom. The molecule has 3 rings (SSSR count). The Labute approximate surface area is 131 Å². The first-order chi connectivity index (χ1) is 10.1. The molecule has 0 aliphatic carbocycles. The molecule has 0 radical (unpaired) electrons. The first-order valence-electron chi connectivity index (χ1n) is 6.73. The molecule has 1 aliphatic rings. The Morgan fingerprint density at radius 1 is 1.43 bits per heavy atom. The van der Waals surface area contributed by atoms with Crippen molar-refractivity contribution < 1.29 is 9.90 Å². The first kappa shape index (κ1) is 14.6. The molecule has 0 spiro atoms. The van der Waals surface area contributed by atoms with Gasteiger partial charge in [0.1, 0.15) is 0 Å². The molecule has 1 aliphatic heterocycles. The normalized spacial score (nSPS) is 15.0. The molecule has 0 unspecified atom stereocenters. The quantitative estimate of drug-likeness (QED) is 0.880. The number of aryl methyl sites for hydroxylation is 1. The first-order valence-corrected chi connectivity index (χ1v) is 8.59. The average molecular weight is 320 g/mol. The zero-order chi connectivity index (χ0) is 14.8. The summed E-state index contributed by atoms with van der Waals surface area (Å²) in [7, 11) is 0. The highest BCUT2D eigenvalue weighted by Gasteiger charge is 2.29. The maximum Gasteiger partial charge on any atom is 0.254 e. The SMILES string of the molecule is Cc1nc(CSc2ccc(C(=O)N3CC(O)C3)cc2)cs1. The largest absolute Gasteiger partial charge is 0.389 e. The Balaban J connectivity index is 1.57. The third-order valence-corrected chi connectivity index (χ3v) is 5.17. The summed E-state index contributed by atoms with van der Waals surface area (Å²) in [5.41, 5.74) is 1.77. The highest BCUT2D eigenvalue weighted by Crippen LogP contribution is 2.24. The number of aliphatic hydroxyl groups is 1. The number of benzene rings is 1. The molecule has 4 nitrogen and oxygen atoms in total. The number of rotatable bonds is 4. The van der Waals surface area contributed by atoms with Gasteiger partial charge in [-0.15, -0.1) is 23.1 Å². The van der Waals surface area contributed by atoms with E-state index >= 15 is 0 Å². The number of carbonyl (C=O) groups excluding carboxylic acids is 1. The van der Waals surface area contributed by atoms with Gasteiger partial charge < -0.3 is 10.0 Å². The summed E-state index contributed by atoms with van der Waals surface area (Å²) in [6.07, 6.45) is -0.356. The van der Waals surface area contributed by atoms with Gasteiger partial charge in [0, 0.05) is 34.7 Å². The maximum absolute atomic E-state index is 12.1. The van der Waals surface area contributed by atoms with Crippen molar-refractivity contribution in [3.8, 4) is 0 Å². The van der Waals surface area contributed by atoms with E-state index in [0.717, 1.165) is 21.3 Å². The fourth-order valence-electron chi connectivity index (χ4n) is 2.13. The Hall–Kier alpha value is -1.37. The number of β-amino-alcohol motifs (C(OH)–C–C–N with tert-alkyl or cyclic N) is 1. The monoisotopic (exact) mass is 320 g/mol. The molecule has 110 valence electrons. The van der Waals surface area contributed by atoms with Crippen molar-refractivity contribution in [2.24, 2.45) is 0 Å². The second-order valence-corrected chi connectivity index (χ2v) is 7.15. The van der Waals surface area contributed by atoms with Gasteiger partial charge in [-0.3, -0.25) is 4.79 Å². The molecule has 1 fully saturated rings. The molecule has 1 aromatic carbocycles. The third kappa shape index (κ3) is 3.45. The molecule has 21 heavy (non-hydrogen) atoms. The summed E-state index contributed by atoms with van der Waals surface area (Å²) in [6.45, 7) is 2.89. The molecule has 0 bridgehead atoms. The predicted molar refractivity (Wildman–Crippen MR) is 84.8 cm³/mol. The van der Waals surface area contributed by atoms with Crippen LogP contribution >= 0.6 is 23.1 Å². The van der Waals surface area contributed by atoms with Crippen LogP contribution in [0.3, 0.4) is 0 Å². The lowest BCUT2D eigenvalue weighted by molar-refractivity contribution is 0.00589. The van der Waals surface area contributed by atoms with E-state index in [4.69, 9.17) is 0 Å². The van der Waals surface area contributed by atoms with Crippen LogP contribution in [0.5, 0.6) is 0 Å². The molecule has 0 saturated carbocycles. The second-order valence-electron chi connectivity index (χ2n) is 5.03. The molecular formula is C15H16N2O2S2. The summed E-state index contributed by atoms with van der Waals surface area (Å²) >= 11 is 3.38. The van der Waals surface area contributed by atoms with Crippen molar-refractivity contribution >= 4 is 29.0 Å². The van der Waals surface area contributed by atoms with E-state index in [1.165, 1.54) is 0 Å². The van der Waals surface area contributed by atoms with Crippen LogP contribution in [0.1, 0.15) is 21.1 Å². The van der Waals surface area contributed by atoms with Gasteiger partial charge in [-0.25, -0.2) is 4.98 Å². The molecule has 2 heterocycles. The van der Waals surface area contributed by atoms with Crippen LogP contribution < -0.4 is 0 Å². The van der Waals surface area contributed by atoms with Gasteiger partial charge in [0.2, 0.25) is 0 Å². The number of thioether (sulfide) groups is 1. The van der Waals surface area contributed by atoms with E-state index in [0.29, 0.717) is 18.7 Å². The predicted octanol–water partition coefficient (Wildman–Crippen LogP) is 2.56. The van der Waals surface area contributed by atoms with Crippen molar-refractivity contribution in [3.63, 3.8) is 0 Å². The molecule has 1 saturated heterocycles. The van der Waals surface area contributed by atoms with Crippen LogP contribution in [-0.4, -0.2) is 40.1 Å². The maximum atomic E-state index is 12.1. The summed E-state index contributed by atoms with van der Waals surface area (Å²) in [5.74, 6) is 0.836. The Bertz CT molecular complexity index is 633. The number of thiazole rings is 1. The number of amides is 1. The van der Waals surface area contributed by atoms with Crippen LogP contribution in [0.4, 0.5) is 0 Å². The van der Waals surface area contributed by atoms with Gasteiger partial charge in [-0.2, -0.15) is 0 Å². The van der Waals surface area contributed by atoms with E-state index in [1.54, 1.807) is 28.0 Å². The lowest BCUT2D eigenvalue weighted by Crippen LogP contribution is -2.53. The third-order valence-electron chi connectivity index (χ3n) is 3.30. The van der Waals surface area contributed by atoms with Gasteiger partial charge in [-0.1, -0.05) is 0 Å². The highest BCUT2D eigenvalue weighted by molar-refractivity contribution is 7.98. The van der Waals surface area contributed by atoms with Crippen molar-refractivity contribution in [3.05, 3.63) is 45.9 Å². The zero-order valence-electron chi connectivity index (χ0n) is 11.7.